The molecule has 1 heterocycles. The number of carbonyl (C=O) groups is 1. The van der Waals surface area contributed by atoms with Gasteiger partial charge in [-0.05, 0) is 17.9 Å². The first-order chi connectivity index (χ1) is 9.61. The summed E-state index contributed by atoms with van der Waals surface area (Å²) in [6.07, 6.45) is 0.761. The molecule has 20 heavy (non-hydrogen) atoms. The highest BCUT2D eigenvalue weighted by Gasteiger charge is 2.19. The molecule has 2 rings (SSSR count). The molecule has 0 radical (unpaired) electrons. The van der Waals surface area contributed by atoms with Crippen molar-refractivity contribution in [3.8, 4) is 0 Å². The molecule has 0 fully saturated rings. The maximum Gasteiger partial charge on any atom is 0.233 e. The fraction of sp³-hybridized carbons (Fsp3) is 0.375. The van der Waals surface area contributed by atoms with E-state index in [1.165, 1.54) is 0 Å². The van der Waals surface area contributed by atoms with Gasteiger partial charge in [0.05, 0.1) is 5.92 Å². The van der Waals surface area contributed by atoms with Gasteiger partial charge >= 0.3 is 0 Å². The lowest BCUT2D eigenvalue weighted by Gasteiger charge is -2.14. The van der Waals surface area contributed by atoms with Crippen LogP contribution in [0.3, 0.4) is 0 Å². The van der Waals surface area contributed by atoms with Crippen LogP contribution < -0.4 is 5.32 Å². The molecule has 0 aliphatic heterocycles. The number of nitrogens with zero attached hydrogens (tertiary/aromatic N) is 1. The Bertz CT molecular complexity index is 560. The molecule has 0 aliphatic rings. The first-order valence-electron chi connectivity index (χ1n) is 7.03. The number of anilines is 1. The van der Waals surface area contributed by atoms with Gasteiger partial charge in [-0.2, -0.15) is 5.10 Å². The predicted molar refractivity (Wildman–Crippen MR) is 80.8 cm³/mol. The topological polar surface area (TPSA) is 57.8 Å². The van der Waals surface area contributed by atoms with E-state index in [1.54, 1.807) is 0 Å². The van der Waals surface area contributed by atoms with Crippen molar-refractivity contribution < 1.29 is 4.79 Å². The van der Waals surface area contributed by atoms with E-state index in [9.17, 15) is 4.79 Å². The van der Waals surface area contributed by atoms with Crippen LogP contribution in [-0.2, 0) is 4.79 Å². The van der Waals surface area contributed by atoms with Gasteiger partial charge in [0.15, 0.2) is 5.82 Å². The maximum absolute atomic E-state index is 12.4. The van der Waals surface area contributed by atoms with Gasteiger partial charge in [0.2, 0.25) is 5.91 Å². The van der Waals surface area contributed by atoms with Gasteiger partial charge < -0.3 is 5.32 Å². The van der Waals surface area contributed by atoms with Crippen LogP contribution in [-0.4, -0.2) is 16.1 Å². The zero-order valence-electron chi connectivity index (χ0n) is 12.2. The number of carbonyl (C=O) groups excluding carboxylic acids is 1. The summed E-state index contributed by atoms with van der Waals surface area (Å²) in [6, 6.07) is 11.7. The Morgan fingerprint density at radius 1 is 1.30 bits per heavy atom. The molecule has 0 saturated carbocycles. The van der Waals surface area contributed by atoms with E-state index in [0.717, 1.165) is 17.7 Å². The Balaban J connectivity index is 2.09. The highest BCUT2D eigenvalue weighted by atomic mass is 16.1. The minimum absolute atomic E-state index is 0.0134. The molecule has 0 aliphatic carbocycles. The van der Waals surface area contributed by atoms with Crippen molar-refractivity contribution in [2.24, 2.45) is 0 Å². The Kier molecular flexibility index (Phi) is 4.56. The van der Waals surface area contributed by atoms with E-state index in [1.807, 2.05) is 43.3 Å². The molecular formula is C16H21N3O. The molecule has 4 nitrogen and oxygen atoms in total. The molecule has 1 aromatic carbocycles. The van der Waals surface area contributed by atoms with Crippen molar-refractivity contribution in [3.63, 3.8) is 0 Å². The first kappa shape index (κ1) is 14.3. The standard InChI is InChI=1S/C16H21N3O/c1-4-13(12-8-6-5-7-9-12)16(20)17-15-10-14(11(2)3)18-19-15/h5-11,13H,4H2,1-3H3,(H2,17,18,19,20). The van der Waals surface area contributed by atoms with Crippen LogP contribution >= 0.6 is 0 Å². The van der Waals surface area contributed by atoms with E-state index >= 15 is 0 Å². The number of aromatic amines is 1. The lowest BCUT2D eigenvalue weighted by atomic mass is 9.96. The summed E-state index contributed by atoms with van der Waals surface area (Å²) in [7, 11) is 0. The summed E-state index contributed by atoms with van der Waals surface area (Å²) in [5.74, 6) is 0.799. The summed E-state index contributed by atoms with van der Waals surface area (Å²) in [5, 5.41) is 9.96. The Hall–Kier alpha value is -2.10. The molecule has 4 heteroatoms. The van der Waals surface area contributed by atoms with Crippen LogP contribution in [0.5, 0.6) is 0 Å². The number of aromatic nitrogens is 2. The first-order valence-corrected chi connectivity index (χ1v) is 7.03. The molecule has 1 atom stereocenters. The highest BCUT2D eigenvalue weighted by molar-refractivity contribution is 5.95. The minimum Gasteiger partial charge on any atom is -0.309 e. The number of H-pyrrole nitrogens is 1. The monoisotopic (exact) mass is 271 g/mol. The predicted octanol–water partition coefficient (Wildman–Crippen LogP) is 3.67. The van der Waals surface area contributed by atoms with Crippen molar-refractivity contribution in [3.05, 3.63) is 47.7 Å². The number of nitrogens with one attached hydrogen (secondary N) is 2. The van der Waals surface area contributed by atoms with Crippen molar-refractivity contribution >= 4 is 11.7 Å². The number of benzene rings is 1. The fourth-order valence-corrected chi connectivity index (χ4v) is 2.17. The van der Waals surface area contributed by atoms with Crippen LogP contribution in [0.15, 0.2) is 36.4 Å². The van der Waals surface area contributed by atoms with Crippen LogP contribution in [0, 0.1) is 0 Å². The van der Waals surface area contributed by atoms with Gasteiger partial charge in [-0.15, -0.1) is 0 Å². The molecular weight excluding hydrogens is 250 g/mol. The van der Waals surface area contributed by atoms with Gasteiger partial charge in [-0.3, -0.25) is 9.89 Å². The van der Waals surface area contributed by atoms with Crippen LogP contribution in [0.1, 0.15) is 50.3 Å². The van der Waals surface area contributed by atoms with Crippen LogP contribution in [0.25, 0.3) is 0 Å². The van der Waals surface area contributed by atoms with Crippen LogP contribution in [0.4, 0.5) is 5.82 Å². The Morgan fingerprint density at radius 2 is 2.00 bits per heavy atom. The molecule has 106 valence electrons. The van der Waals surface area contributed by atoms with Crippen molar-refractivity contribution in [1.29, 1.82) is 0 Å². The third-order valence-corrected chi connectivity index (χ3v) is 3.40. The van der Waals surface area contributed by atoms with E-state index in [4.69, 9.17) is 0 Å². The van der Waals surface area contributed by atoms with Crippen molar-refractivity contribution in [2.45, 2.75) is 39.0 Å². The van der Waals surface area contributed by atoms with Gasteiger partial charge in [-0.25, -0.2) is 0 Å². The van der Waals surface area contributed by atoms with Gasteiger partial charge in [0.25, 0.3) is 0 Å². The molecule has 1 aromatic heterocycles. The Labute approximate surface area is 119 Å². The fourth-order valence-electron chi connectivity index (χ4n) is 2.17. The van der Waals surface area contributed by atoms with Crippen LogP contribution in [0.2, 0.25) is 0 Å². The summed E-state index contributed by atoms with van der Waals surface area (Å²) in [5.41, 5.74) is 2.06. The summed E-state index contributed by atoms with van der Waals surface area (Å²) in [6.45, 7) is 6.18. The zero-order valence-corrected chi connectivity index (χ0v) is 12.2. The SMILES string of the molecule is CCC(C(=O)Nc1cc(C(C)C)[nH]n1)c1ccccc1. The molecule has 2 aromatic rings. The number of hydrogen-bond acceptors (Lipinski definition) is 2. The summed E-state index contributed by atoms with van der Waals surface area (Å²) >= 11 is 0. The average molecular weight is 271 g/mol. The van der Waals surface area contributed by atoms with E-state index in [-0.39, 0.29) is 11.8 Å². The third-order valence-electron chi connectivity index (χ3n) is 3.40. The molecule has 2 N–H and O–H groups in total. The lowest BCUT2D eigenvalue weighted by Crippen LogP contribution is -2.20. The number of amides is 1. The zero-order chi connectivity index (χ0) is 14.5. The number of hydrogen-bond donors (Lipinski definition) is 2. The van der Waals surface area contributed by atoms with E-state index in [0.29, 0.717) is 11.7 Å². The minimum atomic E-state index is -0.143. The maximum atomic E-state index is 12.4. The average Bonchev–Trinajstić information content (AvgIpc) is 2.89. The molecule has 0 spiro atoms. The van der Waals surface area contributed by atoms with Crippen molar-refractivity contribution in [2.75, 3.05) is 5.32 Å². The second-order valence-electron chi connectivity index (χ2n) is 5.22. The summed E-state index contributed by atoms with van der Waals surface area (Å²) in [4.78, 5) is 12.4. The molecule has 0 bridgehead atoms. The second kappa shape index (κ2) is 6.37. The quantitative estimate of drug-likeness (QED) is 0.871. The largest absolute Gasteiger partial charge is 0.309 e. The lowest BCUT2D eigenvalue weighted by molar-refractivity contribution is -0.117. The second-order valence-corrected chi connectivity index (χ2v) is 5.22. The molecule has 1 amide bonds. The van der Waals surface area contributed by atoms with Gasteiger partial charge in [-0.1, -0.05) is 51.1 Å². The van der Waals surface area contributed by atoms with E-state index in [2.05, 4.69) is 29.4 Å². The smallest absolute Gasteiger partial charge is 0.233 e. The van der Waals surface area contributed by atoms with Crippen molar-refractivity contribution in [1.82, 2.24) is 10.2 Å². The molecule has 0 saturated heterocycles. The van der Waals surface area contributed by atoms with Gasteiger partial charge in [0, 0.05) is 11.8 Å². The van der Waals surface area contributed by atoms with E-state index < -0.39 is 0 Å². The summed E-state index contributed by atoms with van der Waals surface area (Å²) < 4.78 is 0. The highest BCUT2D eigenvalue weighted by Crippen LogP contribution is 2.22. The number of rotatable bonds is 5. The molecule has 1 unspecified atom stereocenters. The normalized spacial score (nSPS) is 12.4. The Morgan fingerprint density at radius 3 is 2.55 bits per heavy atom. The van der Waals surface area contributed by atoms with Gasteiger partial charge in [0.1, 0.15) is 0 Å². The third kappa shape index (κ3) is 3.26.